The maximum atomic E-state index is 12.8. The molecule has 2 rings (SSSR count). The molecular weight excluding hydrogens is 316 g/mol. The van der Waals surface area contributed by atoms with Crippen molar-refractivity contribution in [1.29, 1.82) is 5.26 Å². The normalized spacial score (nSPS) is 22.9. The Morgan fingerprint density at radius 3 is 2.92 bits per heavy atom. The molecule has 0 heterocycles. The number of hydrogen-bond acceptors (Lipinski definition) is 4. The Labute approximate surface area is 150 Å². The molecule has 1 amide bonds. The lowest BCUT2D eigenvalue weighted by molar-refractivity contribution is -0.143. The van der Waals surface area contributed by atoms with Gasteiger partial charge in [0.05, 0.1) is 12.2 Å². The molecule has 25 heavy (non-hydrogen) atoms. The first-order valence-electron chi connectivity index (χ1n) is 9.08. The lowest BCUT2D eigenvalue weighted by atomic mass is 9.78. The second-order valence-electron chi connectivity index (χ2n) is 6.88. The smallest absolute Gasteiger partial charge is 0.256 e. The summed E-state index contributed by atoms with van der Waals surface area (Å²) in [4.78, 5) is 12.8. The van der Waals surface area contributed by atoms with Gasteiger partial charge in [-0.1, -0.05) is 26.7 Å². The third-order valence-corrected chi connectivity index (χ3v) is 4.87. The van der Waals surface area contributed by atoms with E-state index in [1.54, 1.807) is 25.3 Å². The fraction of sp³-hybridized carbons (Fsp3) is 0.600. The van der Waals surface area contributed by atoms with Crippen molar-refractivity contribution in [1.82, 2.24) is 0 Å². The van der Waals surface area contributed by atoms with Gasteiger partial charge in [0.1, 0.15) is 17.4 Å². The van der Waals surface area contributed by atoms with Crippen LogP contribution in [0, 0.1) is 17.2 Å². The summed E-state index contributed by atoms with van der Waals surface area (Å²) in [6.45, 7) is 4.82. The van der Waals surface area contributed by atoms with E-state index in [-0.39, 0.29) is 5.91 Å². The number of amides is 1. The molecule has 1 aromatic carbocycles. The topological polar surface area (TPSA) is 71.3 Å². The quantitative estimate of drug-likeness (QED) is 0.750. The van der Waals surface area contributed by atoms with Crippen molar-refractivity contribution < 1.29 is 14.3 Å². The average Bonchev–Trinajstić information content (AvgIpc) is 2.62. The monoisotopic (exact) mass is 344 g/mol. The summed E-state index contributed by atoms with van der Waals surface area (Å²) in [6.07, 6.45) is 5.53. The number of nitrogens with zero attached hydrogens (tertiary/aromatic N) is 1. The minimum atomic E-state index is -0.777. The van der Waals surface area contributed by atoms with Crippen LogP contribution in [-0.4, -0.2) is 25.2 Å². The summed E-state index contributed by atoms with van der Waals surface area (Å²) in [5.74, 6) is 0.884. The molecule has 0 saturated heterocycles. The number of methoxy groups -OCH3 is 1. The molecule has 5 heteroatoms. The highest BCUT2D eigenvalue weighted by atomic mass is 16.5. The van der Waals surface area contributed by atoms with Crippen LogP contribution in [-0.2, 0) is 9.53 Å². The van der Waals surface area contributed by atoms with Crippen LogP contribution in [0.4, 0.5) is 5.69 Å². The molecule has 1 N–H and O–H groups in total. The maximum Gasteiger partial charge on any atom is 0.256 e. The molecule has 0 bridgehead atoms. The van der Waals surface area contributed by atoms with Crippen LogP contribution in [0.15, 0.2) is 18.2 Å². The molecule has 136 valence electrons. The predicted molar refractivity (Wildman–Crippen MR) is 97.6 cm³/mol. The third kappa shape index (κ3) is 4.73. The number of ether oxygens (including phenoxy) is 2. The van der Waals surface area contributed by atoms with Crippen LogP contribution in [0.25, 0.3) is 0 Å². The lowest BCUT2D eigenvalue weighted by Gasteiger charge is -2.37. The first-order chi connectivity index (χ1) is 12.0. The van der Waals surface area contributed by atoms with Crippen LogP contribution >= 0.6 is 0 Å². The average molecular weight is 344 g/mol. The molecule has 0 unspecified atom stereocenters. The zero-order valence-electron chi connectivity index (χ0n) is 15.4. The highest BCUT2D eigenvalue weighted by molar-refractivity contribution is 5.97. The van der Waals surface area contributed by atoms with Gasteiger partial charge in [0.15, 0.2) is 0 Å². The Hall–Kier alpha value is -2.06. The first-order valence-corrected chi connectivity index (χ1v) is 9.08. The van der Waals surface area contributed by atoms with Gasteiger partial charge in [-0.3, -0.25) is 4.79 Å². The number of carbonyl (C=O) groups is 1. The van der Waals surface area contributed by atoms with E-state index in [1.165, 1.54) is 0 Å². The number of anilines is 1. The van der Waals surface area contributed by atoms with Gasteiger partial charge in [-0.25, -0.2) is 0 Å². The third-order valence-electron chi connectivity index (χ3n) is 4.87. The number of nitriles is 1. The van der Waals surface area contributed by atoms with E-state index in [9.17, 15) is 10.1 Å². The number of nitrogens with one attached hydrogen (secondary N) is 1. The minimum Gasteiger partial charge on any atom is -0.492 e. The van der Waals surface area contributed by atoms with Crippen LogP contribution in [0.1, 0.15) is 57.9 Å². The molecule has 0 radical (unpaired) electrons. The van der Waals surface area contributed by atoms with Crippen molar-refractivity contribution >= 4 is 11.6 Å². The predicted octanol–water partition coefficient (Wildman–Crippen LogP) is 4.27. The molecule has 5 nitrogen and oxygen atoms in total. The second-order valence-corrected chi connectivity index (χ2v) is 6.88. The first kappa shape index (κ1) is 19.3. The van der Waals surface area contributed by atoms with Crippen molar-refractivity contribution in [3.8, 4) is 11.8 Å². The Bertz CT molecular complexity index is 638. The van der Waals surface area contributed by atoms with Gasteiger partial charge in [0, 0.05) is 12.8 Å². The summed E-state index contributed by atoms with van der Waals surface area (Å²) in [6, 6.07) is 7.32. The Kier molecular flexibility index (Phi) is 6.83. The molecule has 2 atom stereocenters. The van der Waals surface area contributed by atoms with Gasteiger partial charge in [-0.15, -0.1) is 0 Å². The zero-order valence-corrected chi connectivity index (χ0v) is 15.4. The molecule has 0 spiro atoms. The van der Waals surface area contributed by atoms with Crippen molar-refractivity contribution in [2.45, 2.75) is 58.0 Å². The van der Waals surface area contributed by atoms with Gasteiger partial charge >= 0.3 is 0 Å². The molecule has 1 saturated carbocycles. The van der Waals surface area contributed by atoms with Crippen molar-refractivity contribution in [2.75, 3.05) is 19.0 Å². The van der Waals surface area contributed by atoms with Crippen molar-refractivity contribution in [3.05, 3.63) is 23.8 Å². The lowest BCUT2D eigenvalue weighted by Crippen LogP contribution is -2.47. The van der Waals surface area contributed by atoms with Crippen LogP contribution in [0.2, 0.25) is 0 Å². The van der Waals surface area contributed by atoms with Gasteiger partial charge in [0.2, 0.25) is 0 Å². The molecular formula is C20H28N2O3. The summed E-state index contributed by atoms with van der Waals surface area (Å²) in [5, 5.41) is 12.3. The van der Waals surface area contributed by atoms with E-state index < -0.39 is 5.60 Å². The van der Waals surface area contributed by atoms with E-state index in [1.807, 2.05) is 0 Å². The van der Waals surface area contributed by atoms with Crippen LogP contribution in [0.5, 0.6) is 5.75 Å². The number of carbonyl (C=O) groups excluding carboxylic acids is 1. The Balaban J connectivity index is 2.11. The van der Waals surface area contributed by atoms with Crippen molar-refractivity contribution in [3.63, 3.8) is 0 Å². The zero-order chi connectivity index (χ0) is 18.3. The second kappa shape index (κ2) is 8.87. The summed E-state index contributed by atoms with van der Waals surface area (Å²) < 4.78 is 11.3. The van der Waals surface area contributed by atoms with E-state index in [0.29, 0.717) is 29.5 Å². The van der Waals surface area contributed by atoms with E-state index in [4.69, 9.17) is 9.47 Å². The van der Waals surface area contributed by atoms with E-state index in [0.717, 1.165) is 38.5 Å². The fourth-order valence-electron chi connectivity index (χ4n) is 3.38. The molecule has 0 aromatic heterocycles. The van der Waals surface area contributed by atoms with Crippen LogP contribution in [0.3, 0.4) is 0 Å². The van der Waals surface area contributed by atoms with Gasteiger partial charge < -0.3 is 14.8 Å². The molecule has 1 aliphatic rings. The number of unbranched alkanes of at least 4 members (excludes halogenated alkanes) is 1. The minimum absolute atomic E-state index is 0.134. The summed E-state index contributed by atoms with van der Waals surface area (Å²) >= 11 is 0. The molecule has 1 aromatic rings. The van der Waals surface area contributed by atoms with E-state index >= 15 is 0 Å². The van der Waals surface area contributed by atoms with Gasteiger partial charge in [-0.2, -0.15) is 5.26 Å². The maximum absolute atomic E-state index is 12.8. The number of benzene rings is 1. The molecule has 1 aliphatic carbocycles. The fourth-order valence-corrected chi connectivity index (χ4v) is 3.38. The summed E-state index contributed by atoms with van der Waals surface area (Å²) in [5.41, 5.74) is 0.247. The highest BCUT2D eigenvalue weighted by Crippen LogP contribution is 2.36. The summed E-state index contributed by atoms with van der Waals surface area (Å²) in [7, 11) is 1.60. The van der Waals surface area contributed by atoms with Crippen LogP contribution < -0.4 is 10.1 Å². The van der Waals surface area contributed by atoms with E-state index in [2.05, 4.69) is 25.2 Å². The Morgan fingerprint density at radius 1 is 1.48 bits per heavy atom. The largest absolute Gasteiger partial charge is 0.492 e. The number of hydrogen-bond donors (Lipinski definition) is 1. The SMILES string of the molecule is CCCCOc1ccc(NC(=O)[C@]2(OC)CCC[C@H](C)C2)cc1C#N. The highest BCUT2D eigenvalue weighted by Gasteiger charge is 2.42. The van der Waals surface area contributed by atoms with Gasteiger partial charge in [-0.05, 0) is 49.8 Å². The number of rotatable bonds is 7. The molecule has 1 fully saturated rings. The van der Waals surface area contributed by atoms with Gasteiger partial charge in [0.25, 0.3) is 5.91 Å². The standard InChI is InChI=1S/C20H28N2O3/c1-4-5-11-25-18-9-8-17(12-16(18)14-21)22-19(23)20(24-3)10-6-7-15(2)13-20/h8-9,12,15H,4-7,10-11,13H2,1-3H3,(H,22,23)/t15-,20-/m0/s1. The Morgan fingerprint density at radius 2 is 2.28 bits per heavy atom. The molecule has 0 aliphatic heterocycles. The van der Waals surface area contributed by atoms with Crippen molar-refractivity contribution in [2.24, 2.45) is 5.92 Å².